The highest BCUT2D eigenvalue weighted by Gasteiger charge is 2.12. The first-order valence-corrected chi connectivity index (χ1v) is 8.87. The minimum atomic E-state index is 0.108. The molecule has 0 saturated heterocycles. The molecule has 1 aromatic heterocycles. The molecule has 0 fully saturated rings. The first kappa shape index (κ1) is 19.0. The molecule has 2 aromatic rings. The van der Waals surface area contributed by atoms with Gasteiger partial charge in [0.15, 0.2) is 0 Å². The van der Waals surface area contributed by atoms with E-state index in [0.717, 1.165) is 48.6 Å². The zero-order valence-electron chi connectivity index (χ0n) is 15.6. The second-order valence-electron chi connectivity index (χ2n) is 6.64. The zero-order chi connectivity index (χ0) is 18.2. The Labute approximate surface area is 149 Å². The molecule has 1 heterocycles. The first-order valence-electron chi connectivity index (χ1n) is 8.87. The van der Waals surface area contributed by atoms with Crippen LogP contribution in [0.15, 0.2) is 28.7 Å². The third-order valence-electron chi connectivity index (χ3n) is 4.09. The van der Waals surface area contributed by atoms with Crippen LogP contribution in [0.4, 0.5) is 0 Å². The second kappa shape index (κ2) is 9.25. The fraction of sp³-hybridized carbons (Fsp3) is 0.500. The smallest absolute Gasteiger partial charge is 0.226 e. The van der Waals surface area contributed by atoms with Crippen LogP contribution in [-0.4, -0.2) is 24.5 Å². The SMILES string of the molecule is COc1ccc(-c2nc(CCCC(=O)NCCC(C)C)c(C)o2)cc1. The zero-order valence-corrected chi connectivity index (χ0v) is 15.6. The van der Waals surface area contributed by atoms with Gasteiger partial charge in [0.2, 0.25) is 11.8 Å². The van der Waals surface area contributed by atoms with Gasteiger partial charge in [0.05, 0.1) is 12.8 Å². The number of benzene rings is 1. The van der Waals surface area contributed by atoms with Crippen molar-refractivity contribution in [2.45, 2.75) is 46.5 Å². The quantitative estimate of drug-likeness (QED) is 0.742. The van der Waals surface area contributed by atoms with Gasteiger partial charge in [0, 0.05) is 18.5 Å². The number of nitrogens with zero attached hydrogens (tertiary/aromatic N) is 1. The number of amides is 1. The van der Waals surface area contributed by atoms with Gasteiger partial charge in [-0.3, -0.25) is 4.79 Å². The Morgan fingerprint density at radius 2 is 2.00 bits per heavy atom. The Morgan fingerprint density at radius 3 is 2.64 bits per heavy atom. The lowest BCUT2D eigenvalue weighted by Gasteiger charge is -2.06. The topological polar surface area (TPSA) is 64.4 Å². The molecule has 5 heteroatoms. The summed E-state index contributed by atoms with van der Waals surface area (Å²) in [6.07, 6.45) is 3.04. The van der Waals surface area contributed by atoms with Crippen molar-refractivity contribution in [2.75, 3.05) is 13.7 Å². The van der Waals surface area contributed by atoms with Crippen LogP contribution in [0.5, 0.6) is 5.75 Å². The van der Waals surface area contributed by atoms with Crippen molar-refractivity contribution in [3.05, 3.63) is 35.7 Å². The van der Waals surface area contributed by atoms with Crippen LogP contribution in [0, 0.1) is 12.8 Å². The molecule has 1 aromatic carbocycles. The molecule has 0 unspecified atom stereocenters. The van der Waals surface area contributed by atoms with Crippen molar-refractivity contribution in [1.29, 1.82) is 0 Å². The van der Waals surface area contributed by atoms with Crippen LogP contribution in [0.1, 0.15) is 44.6 Å². The number of methoxy groups -OCH3 is 1. The molecule has 0 aliphatic heterocycles. The van der Waals surface area contributed by atoms with Gasteiger partial charge in [-0.15, -0.1) is 0 Å². The molecular formula is C20H28N2O3. The summed E-state index contributed by atoms with van der Waals surface area (Å²) in [5, 5.41) is 2.96. The van der Waals surface area contributed by atoms with Crippen molar-refractivity contribution in [2.24, 2.45) is 5.92 Å². The van der Waals surface area contributed by atoms with Crippen molar-refractivity contribution >= 4 is 5.91 Å². The molecule has 0 bridgehead atoms. The summed E-state index contributed by atoms with van der Waals surface area (Å²) in [5.74, 6) is 2.94. The van der Waals surface area contributed by atoms with E-state index in [4.69, 9.17) is 9.15 Å². The highest BCUT2D eigenvalue weighted by atomic mass is 16.5. The molecule has 0 spiro atoms. The number of carbonyl (C=O) groups is 1. The predicted octanol–water partition coefficient (Wildman–Crippen LogP) is 4.14. The number of ether oxygens (including phenoxy) is 1. The van der Waals surface area contributed by atoms with E-state index in [1.165, 1.54) is 0 Å². The Hall–Kier alpha value is -2.30. The van der Waals surface area contributed by atoms with Gasteiger partial charge in [-0.1, -0.05) is 13.8 Å². The molecule has 0 aliphatic rings. The summed E-state index contributed by atoms with van der Waals surface area (Å²) in [7, 11) is 1.64. The summed E-state index contributed by atoms with van der Waals surface area (Å²) in [4.78, 5) is 16.4. The van der Waals surface area contributed by atoms with Gasteiger partial charge in [0.25, 0.3) is 0 Å². The molecule has 0 saturated carbocycles. The Morgan fingerprint density at radius 1 is 1.28 bits per heavy atom. The van der Waals surface area contributed by atoms with Crippen molar-refractivity contribution in [1.82, 2.24) is 10.3 Å². The van der Waals surface area contributed by atoms with Gasteiger partial charge in [-0.2, -0.15) is 0 Å². The Bertz CT molecular complexity index is 675. The minimum absolute atomic E-state index is 0.108. The lowest BCUT2D eigenvalue weighted by Crippen LogP contribution is -2.25. The normalized spacial score (nSPS) is 10.9. The average Bonchev–Trinajstić information content (AvgIpc) is 2.95. The Balaban J connectivity index is 1.84. The van der Waals surface area contributed by atoms with Crippen molar-refractivity contribution in [3.8, 4) is 17.2 Å². The van der Waals surface area contributed by atoms with Crippen LogP contribution in [0.2, 0.25) is 0 Å². The van der Waals surface area contributed by atoms with Gasteiger partial charge in [-0.25, -0.2) is 4.98 Å². The molecule has 25 heavy (non-hydrogen) atoms. The third kappa shape index (κ3) is 5.93. The molecule has 136 valence electrons. The van der Waals surface area contributed by atoms with Crippen LogP contribution < -0.4 is 10.1 Å². The maximum atomic E-state index is 11.8. The van der Waals surface area contributed by atoms with E-state index in [2.05, 4.69) is 24.1 Å². The number of aryl methyl sites for hydroxylation is 2. The second-order valence-corrected chi connectivity index (χ2v) is 6.64. The van der Waals surface area contributed by atoms with E-state index in [-0.39, 0.29) is 5.91 Å². The first-order chi connectivity index (χ1) is 12.0. The van der Waals surface area contributed by atoms with Crippen LogP contribution in [0.3, 0.4) is 0 Å². The van der Waals surface area contributed by atoms with E-state index in [1.807, 2.05) is 31.2 Å². The van der Waals surface area contributed by atoms with Gasteiger partial charge in [-0.05, 0) is 56.4 Å². The van der Waals surface area contributed by atoms with Gasteiger partial charge < -0.3 is 14.5 Å². The maximum absolute atomic E-state index is 11.8. The maximum Gasteiger partial charge on any atom is 0.226 e. The third-order valence-corrected chi connectivity index (χ3v) is 4.09. The monoisotopic (exact) mass is 344 g/mol. The van der Waals surface area contributed by atoms with Crippen molar-refractivity contribution < 1.29 is 13.9 Å². The molecule has 0 radical (unpaired) electrons. The summed E-state index contributed by atoms with van der Waals surface area (Å²) in [6.45, 7) is 6.97. The molecule has 0 atom stereocenters. The fourth-order valence-corrected chi connectivity index (χ4v) is 2.52. The summed E-state index contributed by atoms with van der Waals surface area (Å²) >= 11 is 0. The number of hydrogen-bond acceptors (Lipinski definition) is 4. The molecule has 0 aliphatic carbocycles. The molecular weight excluding hydrogens is 316 g/mol. The molecule has 2 rings (SSSR count). The number of rotatable bonds is 9. The van der Waals surface area contributed by atoms with Gasteiger partial charge in [0.1, 0.15) is 11.5 Å². The van der Waals surface area contributed by atoms with E-state index in [1.54, 1.807) is 7.11 Å². The number of nitrogens with one attached hydrogen (secondary N) is 1. The molecule has 5 nitrogen and oxygen atoms in total. The Kier molecular flexibility index (Phi) is 7.04. The molecule has 1 amide bonds. The number of carbonyl (C=O) groups excluding carboxylic acids is 1. The highest BCUT2D eigenvalue weighted by Crippen LogP contribution is 2.24. The van der Waals surface area contributed by atoms with Crippen LogP contribution >= 0.6 is 0 Å². The minimum Gasteiger partial charge on any atom is -0.497 e. The standard InChI is InChI=1S/C20H28N2O3/c1-14(2)12-13-21-19(23)7-5-6-18-15(3)25-20(22-18)16-8-10-17(24-4)11-9-16/h8-11,14H,5-7,12-13H2,1-4H3,(H,21,23). The summed E-state index contributed by atoms with van der Waals surface area (Å²) in [6, 6.07) is 7.62. The fourth-order valence-electron chi connectivity index (χ4n) is 2.52. The van der Waals surface area contributed by atoms with Crippen LogP contribution in [0.25, 0.3) is 11.5 Å². The highest BCUT2D eigenvalue weighted by molar-refractivity contribution is 5.75. The number of aromatic nitrogens is 1. The average molecular weight is 344 g/mol. The van der Waals surface area contributed by atoms with E-state index < -0.39 is 0 Å². The largest absolute Gasteiger partial charge is 0.497 e. The molecule has 1 N–H and O–H groups in total. The summed E-state index contributed by atoms with van der Waals surface area (Å²) < 4.78 is 10.9. The van der Waals surface area contributed by atoms with E-state index in [0.29, 0.717) is 18.2 Å². The van der Waals surface area contributed by atoms with E-state index in [9.17, 15) is 4.79 Å². The van der Waals surface area contributed by atoms with E-state index >= 15 is 0 Å². The summed E-state index contributed by atoms with van der Waals surface area (Å²) in [5.41, 5.74) is 1.84. The predicted molar refractivity (Wildman–Crippen MR) is 98.6 cm³/mol. The van der Waals surface area contributed by atoms with Crippen molar-refractivity contribution in [3.63, 3.8) is 0 Å². The number of oxazole rings is 1. The number of hydrogen-bond donors (Lipinski definition) is 1. The van der Waals surface area contributed by atoms with Gasteiger partial charge >= 0.3 is 0 Å². The van der Waals surface area contributed by atoms with Crippen LogP contribution in [-0.2, 0) is 11.2 Å². The lowest BCUT2D eigenvalue weighted by molar-refractivity contribution is -0.121. The lowest BCUT2D eigenvalue weighted by atomic mass is 10.1.